The third-order valence-corrected chi connectivity index (χ3v) is 6.60. The molecule has 1 aliphatic rings. The maximum Gasteiger partial charge on any atom is 0.152 e. The largest absolute Gasteiger partial charge is 0.321 e. The number of nitrogens with zero attached hydrogens (tertiary/aromatic N) is 2. The first-order valence-corrected chi connectivity index (χ1v) is 9.93. The number of hydrogen-bond acceptors (Lipinski definition) is 3. The molecule has 4 nitrogen and oxygen atoms in total. The number of sulfone groups is 1. The maximum absolute atomic E-state index is 11.9. The third-order valence-electron chi connectivity index (χ3n) is 4.03. The predicted octanol–water partition coefficient (Wildman–Crippen LogP) is 3.11. The van der Waals surface area contributed by atoms with Crippen molar-refractivity contribution in [1.82, 2.24) is 9.55 Å². The van der Waals surface area contributed by atoms with Crippen molar-refractivity contribution in [3.63, 3.8) is 0 Å². The van der Waals surface area contributed by atoms with Crippen LogP contribution in [0.2, 0.25) is 0 Å². The molecule has 2 heterocycles. The quantitative estimate of drug-likeness (QED) is 0.755. The molecule has 0 N–H and O–H groups in total. The van der Waals surface area contributed by atoms with Gasteiger partial charge in [-0.15, -0.1) is 11.6 Å². The van der Waals surface area contributed by atoms with Crippen molar-refractivity contribution in [2.24, 2.45) is 0 Å². The lowest BCUT2D eigenvalue weighted by Crippen LogP contribution is -2.33. The van der Waals surface area contributed by atoms with E-state index in [2.05, 4.69) is 25.5 Å². The van der Waals surface area contributed by atoms with Gasteiger partial charge in [0.2, 0.25) is 0 Å². The molecule has 1 unspecified atom stereocenters. The Hall–Kier alpha value is -0.590. The minimum absolute atomic E-state index is 0.160. The molecule has 21 heavy (non-hydrogen) atoms. The van der Waals surface area contributed by atoms with Gasteiger partial charge in [-0.3, -0.25) is 0 Å². The van der Waals surface area contributed by atoms with E-state index < -0.39 is 15.4 Å². The van der Waals surface area contributed by atoms with E-state index in [9.17, 15) is 8.42 Å². The highest BCUT2D eigenvalue weighted by atomic mass is 79.9. The summed E-state index contributed by atoms with van der Waals surface area (Å²) < 4.78 is 26.9. The zero-order chi connectivity index (χ0) is 15.3. The number of aryl methyl sites for hydroxylation is 1. The van der Waals surface area contributed by atoms with Crippen molar-refractivity contribution in [2.75, 3.05) is 17.4 Å². The van der Waals surface area contributed by atoms with Crippen LogP contribution >= 0.6 is 27.5 Å². The Morgan fingerprint density at radius 1 is 1.48 bits per heavy atom. The zero-order valence-corrected chi connectivity index (χ0v) is 14.8. The molecule has 7 heteroatoms. The molecule has 1 fully saturated rings. The third kappa shape index (κ3) is 2.73. The molecule has 0 bridgehead atoms. The van der Waals surface area contributed by atoms with Crippen molar-refractivity contribution in [2.45, 2.75) is 25.3 Å². The van der Waals surface area contributed by atoms with Crippen molar-refractivity contribution < 1.29 is 8.42 Å². The normalized spacial score (nSPS) is 24.7. The fraction of sp³-hybridized carbons (Fsp3) is 0.500. The summed E-state index contributed by atoms with van der Waals surface area (Å²) in [6, 6.07) is 5.88. The van der Waals surface area contributed by atoms with Gasteiger partial charge in [-0.2, -0.15) is 0 Å². The number of benzene rings is 1. The molecular weight excluding hydrogens is 376 g/mol. The summed E-state index contributed by atoms with van der Waals surface area (Å²) in [5.74, 6) is 1.72. The van der Waals surface area contributed by atoms with Crippen molar-refractivity contribution >= 4 is 48.4 Å². The minimum atomic E-state index is -2.98. The number of rotatable bonds is 3. The Bertz CT molecular complexity index is 803. The molecule has 0 amide bonds. The molecule has 0 spiro atoms. The predicted molar refractivity (Wildman–Crippen MR) is 88.8 cm³/mol. The lowest BCUT2D eigenvalue weighted by Gasteiger charge is -2.27. The van der Waals surface area contributed by atoms with Gasteiger partial charge >= 0.3 is 0 Å². The molecule has 3 rings (SSSR count). The summed E-state index contributed by atoms with van der Waals surface area (Å²) in [4.78, 5) is 4.64. The van der Waals surface area contributed by atoms with E-state index in [-0.39, 0.29) is 11.5 Å². The van der Waals surface area contributed by atoms with Gasteiger partial charge in [0.1, 0.15) is 5.82 Å². The summed E-state index contributed by atoms with van der Waals surface area (Å²) in [5.41, 5.74) is 1.39. The molecule has 1 aliphatic heterocycles. The average Bonchev–Trinajstić information content (AvgIpc) is 2.87. The van der Waals surface area contributed by atoms with E-state index >= 15 is 0 Å². The molecular formula is C14H16BrClN2O2S. The standard InChI is InChI=1S/C14H16BrClN2O2S/c1-14(5-7-21(19,20)9-14)18-12-8-10(15)2-3-11(12)17-13(18)4-6-16/h2-3,8H,4-7,9H2,1H3. The van der Waals surface area contributed by atoms with E-state index in [1.165, 1.54) is 0 Å². The Morgan fingerprint density at radius 2 is 2.24 bits per heavy atom. The number of fused-ring (bicyclic) bond motifs is 1. The molecule has 1 aromatic heterocycles. The Balaban J connectivity index is 2.24. The Labute approximate surface area is 137 Å². The molecule has 2 aromatic rings. The number of halogens is 2. The highest BCUT2D eigenvalue weighted by molar-refractivity contribution is 9.10. The van der Waals surface area contributed by atoms with Crippen molar-refractivity contribution in [3.05, 3.63) is 28.5 Å². The van der Waals surface area contributed by atoms with E-state index in [1.54, 1.807) is 0 Å². The number of imidazole rings is 1. The van der Waals surface area contributed by atoms with Crippen LogP contribution in [0.1, 0.15) is 19.2 Å². The van der Waals surface area contributed by atoms with Gasteiger partial charge in [0, 0.05) is 16.8 Å². The van der Waals surface area contributed by atoms with Gasteiger partial charge in [0.25, 0.3) is 0 Å². The number of aromatic nitrogens is 2. The SMILES string of the molecule is CC1(n2c(CCCl)nc3ccc(Br)cc32)CCS(=O)(=O)C1. The minimum Gasteiger partial charge on any atom is -0.321 e. The topological polar surface area (TPSA) is 52.0 Å². The summed E-state index contributed by atoms with van der Waals surface area (Å²) in [7, 11) is -2.98. The Kier molecular flexibility index (Phi) is 3.83. The molecule has 114 valence electrons. The maximum atomic E-state index is 11.9. The fourth-order valence-corrected chi connectivity index (χ4v) is 5.76. The molecule has 1 atom stereocenters. The second-order valence-corrected chi connectivity index (χ2v) is 9.25. The van der Waals surface area contributed by atoms with Crippen LogP contribution in [0.15, 0.2) is 22.7 Å². The van der Waals surface area contributed by atoms with Gasteiger partial charge < -0.3 is 4.57 Å². The lowest BCUT2D eigenvalue weighted by atomic mass is 10.0. The first kappa shape index (κ1) is 15.3. The van der Waals surface area contributed by atoms with Crippen LogP contribution in [0.3, 0.4) is 0 Å². The van der Waals surface area contributed by atoms with Gasteiger partial charge in [-0.1, -0.05) is 15.9 Å². The molecule has 1 aromatic carbocycles. The fourth-order valence-electron chi connectivity index (χ4n) is 3.12. The highest BCUT2D eigenvalue weighted by Gasteiger charge is 2.41. The van der Waals surface area contributed by atoms with Gasteiger partial charge in [-0.25, -0.2) is 13.4 Å². The number of alkyl halides is 1. The first-order chi connectivity index (χ1) is 9.85. The van der Waals surface area contributed by atoms with Crippen LogP contribution in [0, 0.1) is 0 Å². The second-order valence-electron chi connectivity index (χ2n) is 5.77. The lowest BCUT2D eigenvalue weighted by molar-refractivity contribution is 0.365. The summed E-state index contributed by atoms with van der Waals surface area (Å²) in [6.45, 7) is 2.00. The van der Waals surface area contributed by atoms with Crippen molar-refractivity contribution in [3.8, 4) is 0 Å². The first-order valence-electron chi connectivity index (χ1n) is 6.78. The average molecular weight is 392 g/mol. The van der Waals surface area contributed by atoms with E-state index in [1.807, 2.05) is 25.1 Å². The van der Waals surface area contributed by atoms with Gasteiger partial charge in [-0.05, 0) is 31.5 Å². The highest BCUT2D eigenvalue weighted by Crippen LogP contribution is 2.36. The van der Waals surface area contributed by atoms with Gasteiger partial charge in [0.05, 0.1) is 28.1 Å². The van der Waals surface area contributed by atoms with Crippen LogP contribution in [0.4, 0.5) is 0 Å². The molecule has 0 radical (unpaired) electrons. The van der Waals surface area contributed by atoms with Crippen LogP contribution in [-0.4, -0.2) is 35.4 Å². The second kappa shape index (κ2) is 5.25. The zero-order valence-electron chi connectivity index (χ0n) is 11.6. The summed E-state index contributed by atoms with van der Waals surface area (Å²) in [6.07, 6.45) is 1.24. The van der Waals surface area contributed by atoms with E-state index in [0.717, 1.165) is 21.3 Å². The monoisotopic (exact) mass is 390 g/mol. The van der Waals surface area contributed by atoms with Crippen LogP contribution in [0.5, 0.6) is 0 Å². The van der Waals surface area contributed by atoms with Gasteiger partial charge in [0.15, 0.2) is 9.84 Å². The summed E-state index contributed by atoms with van der Waals surface area (Å²) in [5, 5.41) is 0. The Morgan fingerprint density at radius 3 is 2.86 bits per heavy atom. The molecule has 1 saturated heterocycles. The number of hydrogen-bond donors (Lipinski definition) is 0. The van der Waals surface area contributed by atoms with E-state index in [0.29, 0.717) is 18.7 Å². The van der Waals surface area contributed by atoms with Crippen LogP contribution in [-0.2, 0) is 21.8 Å². The smallest absolute Gasteiger partial charge is 0.152 e. The molecule has 0 aliphatic carbocycles. The van der Waals surface area contributed by atoms with Crippen LogP contribution < -0.4 is 0 Å². The van der Waals surface area contributed by atoms with E-state index in [4.69, 9.17) is 11.6 Å². The molecule has 0 saturated carbocycles. The van der Waals surface area contributed by atoms with Crippen LogP contribution in [0.25, 0.3) is 11.0 Å². The summed E-state index contributed by atoms with van der Waals surface area (Å²) >= 11 is 9.37. The van der Waals surface area contributed by atoms with Crippen molar-refractivity contribution in [1.29, 1.82) is 0 Å².